The molecule has 6 heteroatoms. The fraction of sp³-hybridized carbons (Fsp3) is 0.190. The zero-order chi connectivity index (χ0) is 19.0. The first-order valence-electron chi connectivity index (χ1n) is 8.80. The molecule has 0 fully saturated rings. The molecule has 0 aliphatic rings. The molecular weight excluding hydrogens is 358 g/mol. The number of hydrogen-bond donors (Lipinski definition) is 0. The lowest BCUT2D eigenvalue weighted by molar-refractivity contribution is 0.0695. The summed E-state index contributed by atoms with van der Waals surface area (Å²) in [5.74, 6) is -0.0784. The zero-order valence-corrected chi connectivity index (χ0v) is 15.9. The lowest BCUT2D eigenvalue weighted by Gasteiger charge is -2.26. The molecule has 1 amide bonds. The van der Waals surface area contributed by atoms with Gasteiger partial charge < -0.3 is 4.90 Å². The van der Waals surface area contributed by atoms with Gasteiger partial charge in [-0.3, -0.25) is 14.0 Å². The normalized spacial score (nSPS) is 11.4. The maximum absolute atomic E-state index is 13.2. The molecule has 5 nitrogen and oxygen atoms in total. The average Bonchev–Trinajstić information content (AvgIpc) is 3.11. The van der Waals surface area contributed by atoms with Crippen molar-refractivity contribution in [3.05, 3.63) is 81.6 Å². The maximum Gasteiger partial charge on any atom is 0.266 e. The molecule has 0 unspecified atom stereocenters. The molecule has 1 aromatic carbocycles. The van der Waals surface area contributed by atoms with Gasteiger partial charge in [0.15, 0.2) is 0 Å². The Morgan fingerprint density at radius 2 is 1.89 bits per heavy atom. The minimum atomic E-state index is -0.148. The smallest absolute Gasteiger partial charge is 0.266 e. The van der Waals surface area contributed by atoms with E-state index >= 15 is 0 Å². The van der Waals surface area contributed by atoms with Gasteiger partial charge in [0.05, 0.1) is 10.3 Å². The van der Waals surface area contributed by atoms with Crippen LogP contribution in [0.15, 0.2) is 65.6 Å². The van der Waals surface area contributed by atoms with Gasteiger partial charge >= 0.3 is 0 Å². The standard InChI is InChI=1S/C21H19N3O2S/c1-14(2)24(13-15-8-4-3-5-9-15)21(26)17-12-16-19(27-17)22-18-10-6-7-11-23(18)20(16)25/h3-12,14H,13H2,1-2H3. The minimum absolute atomic E-state index is 0.0380. The Hall–Kier alpha value is -2.99. The van der Waals surface area contributed by atoms with Crippen LogP contribution in [0, 0.1) is 0 Å². The quantitative estimate of drug-likeness (QED) is 0.541. The number of amides is 1. The summed E-state index contributed by atoms with van der Waals surface area (Å²) in [6.45, 7) is 4.52. The van der Waals surface area contributed by atoms with Crippen molar-refractivity contribution in [2.24, 2.45) is 0 Å². The van der Waals surface area contributed by atoms with Gasteiger partial charge in [-0.05, 0) is 37.6 Å². The first-order chi connectivity index (χ1) is 13.0. The molecule has 0 spiro atoms. The summed E-state index contributed by atoms with van der Waals surface area (Å²) in [4.78, 5) is 33.4. The molecule has 4 rings (SSSR count). The summed E-state index contributed by atoms with van der Waals surface area (Å²) in [5, 5.41) is 0.482. The van der Waals surface area contributed by atoms with E-state index in [2.05, 4.69) is 4.98 Å². The number of aromatic nitrogens is 2. The number of hydrogen-bond acceptors (Lipinski definition) is 4. The average molecular weight is 377 g/mol. The van der Waals surface area contributed by atoms with Crippen molar-refractivity contribution in [3.63, 3.8) is 0 Å². The SMILES string of the molecule is CC(C)N(Cc1ccccc1)C(=O)c1cc2c(=O)n3ccccc3nc2s1. The van der Waals surface area contributed by atoms with Crippen molar-refractivity contribution in [2.45, 2.75) is 26.4 Å². The molecule has 0 bridgehead atoms. The third-order valence-electron chi connectivity index (χ3n) is 4.51. The van der Waals surface area contributed by atoms with Gasteiger partial charge in [0.25, 0.3) is 11.5 Å². The summed E-state index contributed by atoms with van der Waals surface area (Å²) in [5.41, 5.74) is 1.51. The van der Waals surface area contributed by atoms with Crippen LogP contribution in [-0.4, -0.2) is 26.2 Å². The summed E-state index contributed by atoms with van der Waals surface area (Å²) < 4.78 is 1.51. The Morgan fingerprint density at radius 1 is 1.15 bits per heavy atom. The molecular formula is C21H19N3O2S. The van der Waals surface area contributed by atoms with Crippen LogP contribution in [0.3, 0.4) is 0 Å². The number of fused-ring (bicyclic) bond motifs is 2. The van der Waals surface area contributed by atoms with E-state index in [0.717, 1.165) is 5.56 Å². The van der Waals surface area contributed by atoms with Crippen molar-refractivity contribution >= 4 is 33.1 Å². The van der Waals surface area contributed by atoms with E-state index in [9.17, 15) is 9.59 Å². The fourth-order valence-corrected chi connectivity index (χ4v) is 4.05. The minimum Gasteiger partial charge on any atom is -0.331 e. The summed E-state index contributed by atoms with van der Waals surface area (Å²) in [6.07, 6.45) is 1.69. The fourth-order valence-electron chi connectivity index (χ4n) is 3.06. The van der Waals surface area contributed by atoms with Crippen LogP contribution in [0.25, 0.3) is 15.9 Å². The van der Waals surface area contributed by atoms with Crippen molar-refractivity contribution in [1.29, 1.82) is 0 Å². The van der Waals surface area contributed by atoms with Gasteiger partial charge in [-0.25, -0.2) is 4.98 Å². The van der Waals surface area contributed by atoms with E-state index in [1.165, 1.54) is 15.7 Å². The predicted molar refractivity (Wildman–Crippen MR) is 108 cm³/mol. The molecule has 4 aromatic rings. The second kappa shape index (κ2) is 6.96. The number of nitrogens with zero attached hydrogens (tertiary/aromatic N) is 3. The van der Waals surface area contributed by atoms with Gasteiger partial charge in [0, 0.05) is 18.8 Å². The molecule has 136 valence electrons. The zero-order valence-electron chi connectivity index (χ0n) is 15.1. The Labute approximate surface area is 160 Å². The third kappa shape index (κ3) is 3.24. The Balaban J connectivity index is 1.75. The molecule has 0 atom stereocenters. The van der Waals surface area contributed by atoms with Gasteiger partial charge in [0.2, 0.25) is 0 Å². The molecule has 3 heterocycles. The second-order valence-electron chi connectivity index (χ2n) is 6.69. The number of carbonyl (C=O) groups excluding carboxylic acids is 1. The molecule has 0 N–H and O–H groups in total. The Bertz CT molecular complexity index is 1180. The summed E-state index contributed by atoms with van der Waals surface area (Å²) in [7, 11) is 0. The van der Waals surface area contributed by atoms with Crippen LogP contribution in [0.1, 0.15) is 29.1 Å². The number of pyridine rings is 1. The van der Waals surface area contributed by atoms with Crippen molar-refractivity contribution < 1.29 is 4.79 Å². The van der Waals surface area contributed by atoms with Crippen molar-refractivity contribution in [1.82, 2.24) is 14.3 Å². The van der Waals surface area contributed by atoms with Gasteiger partial charge in [-0.1, -0.05) is 36.4 Å². The molecule has 0 radical (unpaired) electrons. The highest BCUT2D eigenvalue weighted by Gasteiger charge is 2.22. The molecule has 0 aliphatic carbocycles. The van der Waals surface area contributed by atoms with Crippen LogP contribution >= 0.6 is 11.3 Å². The highest BCUT2D eigenvalue weighted by molar-refractivity contribution is 7.20. The van der Waals surface area contributed by atoms with E-state index in [1.54, 1.807) is 24.4 Å². The van der Waals surface area contributed by atoms with Gasteiger partial charge in [-0.2, -0.15) is 0 Å². The van der Waals surface area contributed by atoms with E-state index in [1.807, 2.05) is 55.1 Å². The van der Waals surface area contributed by atoms with Crippen LogP contribution in [-0.2, 0) is 6.54 Å². The lowest BCUT2D eigenvalue weighted by atomic mass is 10.2. The van der Waals surface area contributed by atoms with Gasteiger partial charge in [-0.15, -0.1) is 11.3 Å². The first-order valence-corrected chi connectivity index (χ1v) is 9.62. The summed E-state index contributed by atoms with van der Waals surface area (Å²) in [6, 6.07) is 17.0. The molecule has 27 heavy (non-hydrogen) atoms. The highest BCUT2D eigenvalue weighted by Crippen LogP contribution is 2.25. The van der Waals surface area contributed by atoms with E-state index in [-0.39, 0.29) is 17.5 Å². The van der Waals surface area contributed by atoms with Crippen LogP contribution < -0.4 is 5.56 Å². The largest absolute Gasteiger partial charge is 0.331 e. The van der Waals surface area contributed by atoms with Gasteiger partial charge in [0.1, 0.15) is 10.5 Å². The Kier molecular flexibility index (Phi) is 4.49. The molecule has 0 saturated carbocycles. The van der Waals surface area contributed by atoms with Crippen LogP contribution in [0.2, 0.25) is 0 Å². The van der Waals surface area contributed by atoms with Crippen molar-refractivity contribution in [3.8, 4) is 0 Å². The van der Waals surface area contributed by atoms with E-state index < -0.39 is 0 Å². The van der Waals surface area contributed by atoms with E-state index in [0.29, 0.717) is 27.3 Å². The van der Waals surface area contributed by atoms with Crippen molar-refractivity contribution in [2.75, 3.05) is 0 Å². The lowest BCUT2D eigenvalue weighted by Crippen LogP contribution is -2.35. The third-order valence-corrected chi connectivity index (χ3v) is 5.52. The second-order valence-corrected chi connectivity index (χ2v) is 7.72. The monoisotopic (exact) mass is 377 g/mol. The molecule has 0 saturated heterocycles. The number of benzene rings is 1. The van der Waals surface area contributed by atoms with Crippen LogP contribution in [0.4, 0.5) is 0 Å². The number of carbonyl (C=O) groups is 1. The maximum atomic E-state index is 13.2. The summed E-state index contributed by atoms with van der Waals surface area (Å²) >= 11 is 1.28. The highest BCUT2D eigenvalue weighted by atomic mass is 32.1. The molecule has 0 aliphatic heterocycles. The van der Waals surface area contributed by atoms with E-state index in [4.69, 9.17) is 0 Å². The topological polar surface area (TPSA) is 54.7 Å². The number of thiophene rings is 1. The van der Waals surface area contributed by atoms with Crippen LogP contribution in [0.5, 0.6) is 0 Å². The molecule has 3 aromatic heterocycles. The predicted octanol–water partition coefficient (Wildman–Crippen LogP) is 3.96. The Morgan fingerprint density at radius 3 is 2.63 bits per heavy atom. The first kappa shape index (κ1) is 17.4. The number of rotatable bonds is 4.